The first kappa shape index (κ1) is 52.6. The molecular formula is C43H63N2NaO11. The van der Waals surface area contributed by atoms with Crippen LogP contribution in [-0.4, -0.2) is 87.0 Å². The maximum atomic E-state index is 12.2. The Hall–Kier alpha value is -2.46. The van der Waals surface area contributed by atoms with E-state index in [9.17, 15) is 49.5 Å². The zero-order valence-corrected chi connectivity index (χ0v) is 37.3. The van der Waals surface area contributed by atoms with Gasteiger partial charge in [-0.25, -0.2) is 0 Å². The van der Waals surface area contributed by atoms with Gasteiger partial charge >= 0.3 is 29.6 Å². The molecule has 5 N–H and O–H groups in total. The van der Waals surface area contributed by atoms with Crippen LogP contribution in [0.2, 0.25) is 0 Å². The molecule has 0 aromatic rings. The van der Waals surface area contributed by atoms with Gasteiger partial charge in [0.15, 0.2) is 23.1 Å². The van der Waals surface area contributed by atoms with E-state index in [1.165, 1.54) is 0 Å². The van der Waals surface area contributed by atoms with Crippen molar-refractivity contribution in [3.05, 3.63) is 11.1 Å². The van der Waals surface area contributed by atoms with Crippen molar-refractivity contribution in [1.29, 1.82) is 10.5 Å². The molecule has 4 saturated carbocycles. The topological polar surface area (TPSA) is 261 Å². The van der Waals surface area contributed by atoms with Crippen molar-refractivity contribution in [1.82, 2.24) is 0 Å². The van der Waals surface area contributed by atoms with Crippen LogP contribution in [-0.2, 0) is 28.8 Å². The number of hydrogen-bond acceptors (Lipinski definition) is 13. The molecule has 6 aliphatic carbocycles. The van der Waals surface area contributed by atoms with Crippen molar-refractivity contribution < 1.29 is 84.2 Å². The van der Waals surface area contributed by atoms with Gasteiger partial charge in [-0.05, 0) is 89.4 Å². The number of ketones is 6. The van der Waals surface area contributed by atoms with E-state index in [0.717, 1.165) is 43.3 Å². The Morgan fingerprint density at radius 1 is 0.632 bits per heavy atom. The smallest absolute Gasteiger partial charge is 0.870 e. The fraction of sp³-hybridized carbons (Fsp3) is 0.767. The van der Waals surface area contributed by atoms with Crippen molar-refractivity contribution in [2.75, 3.05) is 26.4 Å². The van der Waals surface area contributed by atoms with Gasteiger partial charge in [0.05, 0.1) is 28.4 Å². The summed E-state index contributed by atoms with van der Waals surface area (Å²) >= 11 is 0. The fourth-order valence-electron chi connectivity index (χ4n) is 11.0. The predicted molar refractivity (Wildman–Crippen MR) is 203 cm³/mol. The molecule has 0 bridgehead atoms. The van der Waals surface area contributed by atoms with Gasteiger partial charge < -0.3 is 25.9 Å². The normalized spacial score (nSPS) is 37.3. The number of carbonyl (C=O) groups excluding carboxylic acids is 6. The zero-order valence-electron chi connectivity index (χ0n) is 35.3. The Labute approximate surface area is 359 Å². The molecule has 0 saturated heterocycles. The summed E-state index contributed by atoms with van der Waals surface area (Å²) in [6.45, 7) is 11.6. The molecule has 0 aromatic carbocycles. The molecule has 14 heteroatoms. The summed E-state index contributed by atoms with van der Waals surface area (Å²) in [4.78, 5) is 72.5. The number of nitrogens with zero attached hydrogens (tertiary/aromatic N) is 2. The van der Waals surface area contributed by atoms with E-state index in [0.29, 0.717) is 44.9 Å². The van der Waals surface area contributed by atoms with E-state index in [2.05, 4.69) is 12.1 Å². The molecule has 4 fully saturated rings. The second-order valence-electron chi connectivity index (χ2n) is 17.4. The van der Waals surface area contributed by atoms with Crippen molar-refractivity contribution >= 4 is 34.7 Å². The summed E-state index contributed by atoms with van der Waals surface area (Å²) in [7, 11) is 0. The molecule has 312 valence electrons. The number of hydrogen-bond donors (Lipinski definition) is 4. The fourth-order valence-corrected chi connectivity index (χ4v) is 11.0. The van der Waals surface area contributed by atoms with Crippen LogP contribution < -0.4 is 29.6 Å². The number of allylic oxidation sites excluding steroid dienone is 2. The summed E-state index contributed by atoms with van der Waals surface area (Å²) in [5, 5.41) is 54.0. The van der Waals surface area contributed by atoms with Gasteiger partial charge in [-0.15, -0.1) is 0 Å². The number of aliphatic hydroxyl groups is 4. The van der Waals surface area contributed by atoms with Crippen molar-refractivity contribution in [3.63, 3.8) is 0 Å². The Bertz CT molecular complexity index is 1580. The molecule has 6 aliphatic rings. The average Bonchev–Trinajstić information content (AvgIpc) is 3.86. The molecule has 0 spiro atoms. The first-order valence-electron chi connectivity index (χ1n) is 19.9. The molecule has 0 aliphatic heterocycles. The van der Waals surface area contributed by atoms with Crippen LogP contribution >= 0.6 is 0 Å². The third kappa shape index (κ3) is 9.02. The SMILES string of the molecule is CCO.C[C@@H]1CCC2=C(C(=O)CC2)[C@]1(C)C(=O)CO.C[C@@H]1CC[C@@]2(C#N)CCC(=O)[C@H]2[C@]1(C)C(=O)CO.C[C@@H]1CC[C@]2(C#N)CCC(=O)[C@@H]2[C@]1(C)C(=O)CO.[Na+].[OH-]. The molecule has 57 heavy (non-hydrogen) atoms. The first-order valence-corrected chi connectivity index (χ1v) is 19.9. The van der Waals surface area contributed by atoms with Crippen molar-refractivity contribution in [3.8, 4) is 12.1 Å². The van der Waals surface area contributed by atoms with Gasteiger partial charge in [0.1, 0.15) is 31.4 Å². The van der Waals surface area contributed by atoms with Crippen LogP contribution in [0.4, 0.5) is 0 Å². The van der Waals surface area contributed by atoms with Crippen LogP contribution in [0.3, 0.4) is 0 Å². The molecule has 10 atom stereocenters. The second-order valence-corrected chi connectivity index (χ2v) is 17.4. The zero-order chi connectivity index (χ0) is 41.7. The second kappa shape index (κ2) is 20.7. The Morgan fingerprint density at radius 3 is 1.37 bits per heavy atom. The van der Waals surface area contributed by atoms with E-state index in [1.807, 2.05) is 27.7 Å². The van der Waals surface area contributed by atoms with Crippen LogP contribution in [0.1, 0.15) is 126 Å². The molecule has 0 aromatic heterocycles. The standard InChI is InChI=1S/2C14H19NO3.C13H18O3.C2H6O.Na.H2O/c2*1-9-3-5-14(8-15)6-4-10(17)12(14)13(9,2)11(18)7-16;1-8-3-4-9-5-6-10(15)12(9)13(8,2)11(16)7-14;1-2-3;;/h2*9,12,16H,3-7H2,1-2H3;8,14H,3-7H2,1-2H3;3H,2H2,1H3;;1H2/q;;;;+1;/p-1/t9-,12+,13+,14+;9-,12-,13+,14-;8-,13+;;;/m111.../s1. The van der Waals surface area contributed by atoms with Gasteiger partial charge in [-0.3, -0.25) is 28.8 Å². The van der Waals surface area contributed by atoms with Crippen LogP contribution in [0.5, 0.6) is 0 Å². The van der Waals surface area contributed by atoms with E-state index < -0.39 is 58.7 Å². The third-order valence-electron chi connectivity index (χ3n) is 15.0. The predicted octanol–water partition coefficient (Wildman–Crippen LogP) is 1.42. The quantitative estimate of drug-likeness (QED) is 0.277. The number of Topliss-reactive ketones (excluding diaryl/α,β-unsaturated/α-hetero) is 6. The van der Waals surface area contributed by atoms with Crippen molar-refractivity contribution in [2.45, 2.75) is 126 Å². The summed E-state index contributed by atoms with van der Waals surface area (Å²) in [6.07, 6.45) is 8.05. The number of fused-ring (bicyclic) bond motifs is 2. The first-order chi connectivity index (χ1) is 25.8. The van der Waals surface area contributed by atoms with Gasteiger partial charge in [-0.1, -0.05) is 40.2 Å². The summed E-state index contributed by atoms with van der Waals surface area (Å²) < 4.78 is 0. The average molecular weight is 807 g/mol. The minimum absolute atomic E-state index is 0. The van der Waals surface area contributed by atoms with E-state index >= 15 is 0 Å². The monoisotopic (exact) mass is 806 g/mol. The van der Waals surface area contributed by atoms with Crippen molar-refractivity contribution in [2.24, 2.45) is 56.7 Å². The summed E-state index contributed by atoms with van der Waals surface area (Å²) in [5.41, 5.74) is -1.97. The summed E-state index contributed by atoms with van der Waals surface area (Å²) in [6, 6.07) is 4.62. The maximum Gasteiger partial charge on any atom is 1.00 e. The van der Waals surface area contributed by atoms with Crippen LogP contribution in [0.25, 0.3) is 0 Å². The van der Waals surface area contributed by atoms with E-state index in [-0.39, 0.29) is 94.1 Å². The maximum absolute atomic E-state index is 12.2. The van der Waals surface area contributed by atoms with Crippen LogP contribution in [0.15, 0.2) is 11.1 Å². The third-order valence-corrected chi connectivity index (χ3v) is 15.0. The molecule has 13 nitrogen and oxygen atoms in total. The molecule has 6 rings (SSSR count). The Kier molecular flexibility index (Phi) is 19.1. The number of rotatable bonds is 6. The van der Waals surface area contributed by atoms with Gasteiger partial charge in [0.2, 0.25) is 0 Å². The minimum atomic E-state index is -0.879. The molecule has 0 radical (unpaired) electrons. The van der Waals surface area contributed by atoms with Gasteiger partial charge in [-0.2, -0.15) is 10.5 Å². The molecule has 0 unspecified atom stereocenters. The van der Waals surface area contributed by atoms with Crippen LogP contribution in [0, 0.1) is 79.3 Å². The number of nitriles is 2. The molecular weight excluding hydrogens is 743 g/mol. The van der Waals surface area contributed by atoms with Gasteiger partial charge in [0.25, 0.3) is 0 Å². The molecule has 0 amide bonds. The number of aliphatic hydroxyl groups excluding tert-OH is 4. The van der Waals surface area contributed by atoms with E-state index in [1.54, 1.807) is 20.8 Å². The molecule has 0 heterocycles. The minimum Gasteiger partial charge on any atom is -0.870 e. The van der Waals surface area contributed by atoms with Gasteiger partial charge in [0, 0.05) is 54.1 Å². The summed E-state index contributed by atoms with van der Waals surface area (Å²) in [5.74, 6) is -1.49. The Balaban J connectivity index is 0.000000406. The largest absolute Gasteiger partial charge is 1.00 e. The van der Waals surface area contributed by atoms with E-state index in [4.69, 9.17) is 10.2 Å². The number of carbonyl (C=O) groups is 6. The Morgan fingerprint density at radius 2 is 1.02 bits per heavy atom.